The van der Waals surface area contributed by atoms with Crippen molar-refractivity contribution >= 4 is 5.69 Å². The lowest BCUT2D eigenvalue weighted by Gasteiger charge is -2.13. The summed E-state index contributed by atoms with van der Waals surface area (Å²) in [5, 5.41) is 12.4. The van der Waals surface area contributed by atoms with Crippen LogP contribution in [0.3, 0.4) is 0 Å². The standard InChI is InChI=1S/C10H15N3O3/c1-12(2)11-7-8-6-9(13(14)15)4-5-10(8)16-3/h4-6,11H,7H2,1-3H3. The Morgan fingerprint density at radius 2 is 2.19 bits per heavy atom. The van der Waals surface area contributed by atoms with Gasteiger partial charge in [0.15, 0.2) is 0 Å². The fourth-order valence-corrected chi connectivity index (χ4v) is 1.26. The third-order valence-electron chi connectivity index (χ3n) is 2.06. The van der Waals surface area contributed by atoms with Gasteiger partial charge in [0.05, 0.1) is 12.0 Å². The van der Waals surface area contributed by atoms with Crippen LogP contribution in [0.1, 0.15) is 5.56 Å². The zero-order chi connectivity index (χ0) is 12.1. The Labute approximate surface area is 93.9 Å². The molecule has 0 spiro atoms. The first-order chi connectivity index (χ1) is 7.54. The van der Waals surface area contributed by atoms with Crippen LogP contribution < -0.4 is 10.2 Å². The highest BCUT2D eigenvalue weighted by atomic mass is 16.6. The Morgan fingerprint density at radius 3 is 2.69 bits per heavy atom. The predicted octanol–water partition coefficient (Wildman–Crippen LogP) is 1.17. The SMILES string of the molecule is COc1ccc([N+](=O)[O-])cc1CNN(C)C. The molecule has 6 nitrogen and oxygen atoms in total. The first kappa shape index (κ1) is 12.4. The van der Waals surface area contributed by atoms with Crippen LogP contribution in [0.15, 0.2) is 18.2 Å². The second-order valence-electron chi connectivity index (χ2n) is 3.48. The smallest absolute Gasteiger partial charge is 0.270 e. The number of nitrogens with zero attached hydrogens (tertiary/aromatic N) is 2. The summed E-state index contributed by atoms with van der Waals surface area (Å²) in [5.41, 5.74) is 3.85. The van der Waals surface area contributed by atoms with Crippen molar-refractivity contribution in [3.8, 4) is 5.75 Å². The van der Waals surface area contributed by atoms with Crippen LogP contribution in [0.2, 0.25) is 0 Å². The Bertz CT molecular complexity index is 380. The maximum Gasteiger partial charge on any atom is 0.270 e. The molecule has 1 aromatic rings. The average molecular weight is 225 g/mol. The molecule has 88 valence electrons. The molecule has 0 radical (unpaired) electrons. The molecule has 0 amide bonds. The molecule has 0 saturated heterocycles. The minimum Gasteiger partial charge on any atom is -0.496 e. The second kappa shape index (κ2) is 5.43. The Kier molecular flexibility index (Phi) is 4.21. The lowest BCUT2D eigenvalue weighted by molar-refractivity contribution is -0.384. The van der Waals surface area contributed by atoms with Crippen molar-refractivity contribution in [2.24, 2.45) is 0 Å². The van der Waals surface area contributed by atoms with Crippen LogP contribution in [-0.4, -0.2) is 31.1 Å². The van der Waals surface area contributed by atoms with E-state index in [9.17, 15) is 10.1 Å². The molecule has 0 aliphatic carbocycles. The van der Waals surface area contributed by atoms with Crippen LogP contribution >= 0.6 is 0 Å². The summed E-state index contributed by atoms with van der Waals surface area (Å²) >= 11 is 0. The number of benzene rings is 1. The van der Waals surface area contributed by atoms with Gasteiger partial charge in [-0.3, -0.25) is 20.5 Å². The number of methoxy groups -OCH3 is 1. The van der Waals surface area contributed by atoms with Gasteiger partial charge in [-0.15, -0.1) is 0 Å². The van der Waals surface area contributed by atoms with Crippen LogP contribution in [0, 0.1) is 10.1 Å². The molecular weight excluding hydrogens is 210 g/mol. The normalized spacial score (nSPS) is 10.5. The van der Waals surface area contributed by atoms with E-state index in [4.69, 9.17) is 4.74 Å². The van der Waals surface area contributed by atoms with Crippen LogP contribution in [0.4, 0.5) is 5.69 Å². The number of nitrogens with one attached hydrogen (secondary N) is 1. The Morgan fingerprint density at radius 1 is 1.50 bits per heavy atom. The summed E-state index contributed by atoms with van der Waals surface area (Å²) < 4.78 is 5.13. The van der Waals surface area contributed by atoms with Crippen LogP contribution in [0.25, 0.3) is 0 Å². The minimum atomic E-state index is -0.418. The van der Waals surface area contributed by atoms with E-state index in [1.54, 1.807) is 18.2 Å². The first-order valence-corrected chi connectivity index (χ1v) is 4.76. The largest absolute Gasteiger partial charge is 0.496 e. The molecule has 6 heteroatoms. The lowest BCUT2D eigenvalue weighted by Crippen LogP contribution is -2.29. The number of hydrogen-bond donors (Lipinski definition) is 1. The minimum absolute atomic E-state index is 0.0661. The van der Waals surface area contributed by atoms with Gasteiger partial charge >= 0.3 is 0 Å². The van der Waals surface area contributed by atoms with Crippen molar-refractivity contribution in [2.45, 2.75) is 6.54 Å². The molecule has 0 atom stereocenters. The molecule has 0 aliphatic rings. The number of nitro groups is 1. The topological polar surface area (TPSA) is 67.6 Å². The van der Waals surface area contributed by atoms with Crippen molar-refractivity contribution in [2.75, 3.05) is 21.2 Å². The summed E-state index contributed by atoms with van der Waals surface area (Å²) in [5.74, 6) is 0.639. The quantitative estimate of drug-likeness (QED) is 0.601. The van der Waals surface area contributed by atoms with Gasteiger partial charge in [0.2, 0.25) is 0 Å². The molecule has 1 rings (SSSR count). The van der Waals surface area contributed by atoms with E-state index in [2.05, 4.69) is 5.43 Å². The number of non-ortho nitro benzene ring substituents is 1. The highest BCUT2D eigenvalue weighted by molar-refractivity contribution is 5.43. The predicted molar refractivity (Wildman–Crippen MR) is 60.2 cm³/mol. The maximum absolute atomic E-state index is 10.6. The highest BCUT2D eigenvalue weighted by Gasteiger charge is 2.10. The molecule has 0 heterocycles. The molecule has 0 fully saturated rings. The molecule has 0 bridgehead atoms. The third-order valence-corrected chi connectivity index (χ3v) is 2.06. The lowest BCUT2D eigenvalue weighted by atomic mass is 10.2. The molecule has 1 aromatic carbocycles. The van der Waals surface area contributed by atoms with Crippen molar-refractivity contribution in [1.82, 2.24) is 10.4 Å². The number of rotatable bonds is 5. The number of nitro benzene ring substituents is 1. The van der Waals surface area contributed by atoms with E-state index in [0.717, 1.165) is 5.56 Å². The molecule has 0 saturated carbocycles. The van der Waals surface area contributed by atoms with Gasteiger partial charge in [0.1, 0.15) is 5.75 Å². The number of hydrazine groups is 1. The van der Waals surface area contributed by atoms with Gasteiger partial charge in [-0.2, -0.15) is 0 Å². The van der Waals surface area contributed by atoms with Crippen LogP contribution in [0.5, 0.6) is 5.75 Å². The molecule has 1 N–H and O–H groups in total. The molecule has 0 unspecified atom stereocenters. The van der Waals surface area contributed by atoms with E-state index < -0.39 is 4.92 Å². The monoisotopic (exact) mass is 225 g/mol. The number of ether oxygens (including phenoxy) is 1. The van der Waals surface area contributed by atoms with Crippen molar-refractivity contribution in [3.05, 3.63) is 33.9 Å². The number of hydrogen-bond acceptors (Lipinski definition) is 5. The van der Waals surface area contributed by atoms with Gasteiger partial charge in [0, 0.05) is 38.3 Å². The van der Waals surface area contributed by atoms with Crippen molar-refractivity contribution in [1.29, 1.82) is 0 Å². The summed E-state index contributed by atoms with van der Waals surface area (Å²) in [6.07, 6.45) is 0. The van der Waals surface area contributed by atoms with E-state index in [0.29, 0.717) is 12.3 Å². The zero-order valence-electron chi connectivity index (χ0n) is 9.56. The Balaban J connectivity index is 2.93. The van der Waals surface area contributed by atoms with Crippen molar-refractivity contribution < 1.29 is 9.66 Å². The van der Waals surface area contributed by atoms with Gasteiger partial charge in [-0.05, 0) is 6.07 Å². The van der Waals surface area contributed by atoms with Crippen LogP contribution in [-0.2, 0) is 6.54 Å². The van der Waals surface area contributed by atoms with Gasteiger partial charge < -0.3 is 4.74 Å². The fraction of sp³-hybridized carbons (Fsp3) is 0.400. The van der Waals surface area contributed by atoms with Gasteiger partial charge in [-0.25, -0.2) is 0 Å². The molecular formula is C10H15N3O3. The van der Waals surface area contributed by atoms with E-state index in [-0.39, 0.29) is 5.69 Å². The second-order valence-corrected chi connectivity index (χ2v) is 3.48. The summed E-state index contributed by atoms with van der Waals surface area (Å²) in [7, 11) is 5.24. The molecule has 0 aromatic heterocycles. The Hall–Kier alpha value is -1.66. The summed E-state index contributed by atoms with van der Waals surface area (Å²) in [4.78, 5) is 10.2. The van der Waals surface area contributed by atoms with E-state index in [1.165, 1.54) is 12.1 Å². The van der Waals surface area contributed by atoms with E-state index in [1.807, 2.05) is 14.1 Å². The van der Waals surface area contributed by atoms with Gasteiger partial charge in [0.25, 0.3) is 5.69 Å². The highest BCUT2D eigenvalue weighted by Crippen LogP contribution is 2.23. The molecule has 0 aliphatic heterocycles. The fourth-order valence-electron chi connectivity index (χ4n) is 1.26. The summed E-state index contributed by atoms with van der Waals surface area (Å²) in [6, 6.07) is 4.54. The third kappa shape index (κ3) is 3.18. The summed E-state index contributed by atoms with van der Waals surface area (Å²) in [6.45, 7) is 0.484. The zero-order valence-corrected chi connectivity index (χ0v) is 9.56. The molecule has 16 heavy (non-hydrogen) atoms. The maximum atomic E-state index is 10.6. The van der Waals surface area contributed by atoms with Crippen molar-refractivity contribution in [3.63, 3.8) is 0 Å². The van der Waals surface area contributed by atoms with E-state index >= 15 is 0 Å². The average Bonchev–Trinajstić information content (AvgIpc) is 2.25. The first-order valence-electron chi connectivity index (χ1n) is 4.76. The van der Waals surface area contributed by atoms with Gasteiger partial charge in [-0.1, -0.05) is 0 Å².